The Kier molecular flexibility index (Phi) is 2.93. The minimum Gasteiger partial charge on any atom is -0.372 e. The minimum atomic E-state index is 0.107. The normalized spacial score (nSPS) is 22.8. The lowest BCUT2D eigenvalue weighted by molar-refractivity contribution is -0.107. The molecule has 6 nitrogen and oxygen atoms in total. The molecule has 1 aliphatic carbocycles. The third-order valence-corrected chi connectivity index (χ3v) is 4.37. The molecule has 106 valence electrons. The van der Waals surface area contributed by atoms with Gasteiger partial charge in [-0.2, -0.15) is 4.98 Å². The Hall–Kier alpha value is -1.53. The van der Waals surface area contributed by atoms with Gasteiger partial charge in [0.25, 0.3) is 5.78 Å². The highest BCUT2D eigenvalue weighted by molar-refractivity contribution is 5.24. The molecule has 0 radical (unpaired) electrons. The Morgan fingerprint density at radius 2 is 2.20 bits per heavy atom. The molecular weight excluding hydrogens is 254 g/mol. The summed E-state index contributed by atoms with van der Waals surface area (Å²) in [6.07, 6.45) is 8.62. The average Bonchev–Trinajstić information content (AvgIpc) is 3.05. The predicted molar refractivity (Wildman–Crippen MR) is 73.2 cm³/mol. The first-order valence-electron chi connectivity index (χ1n) is 7.36. The fraction of sp³-hybridized carbons (Fsp3) is 0.643. The highest BCUT2D eigenvalue weighted by Gasteiger charge is 2.39. The number of hydrogen-bond donors (Lipinski definition) is 0. The topological polar surface area (TPSA) is 55.5 Å². The van der Waals surface area contributed by atoms with Crippen molar-refractivity contribution in [2.75, 3.05) is 19.7 Å². The van der Waals surface area contributed by atoms with Crippen LogP contribution in [-0.2, 0) is 11.3 Å². The van der Waals surface area contributed by atoms with E-state index in [9.17, 15) is 0 Å². The lowest BCUT2D eigenvalue weighted by atomic mass is 10.00. The third kappa shape index (κ3) is 2.19. The van der Waals surface area contributed by atoms with Crippen LogP contribution in [0.3, 0.4) is 0 Å². The van der Waals surface area contributed by atoms with Crippen molar-refractivity contribution >= 4 is 5.78 Å². The van der Waals surface area contributed by atoms with Crippen molar-refractivity contribution < 1.29 is 4.74 Å². The standard InChI is InChI=1S/C14H19N5O/c1-2-5-14(4-1)11-18(8-9-20-14)10-12-16-13-15-6-3-7-19(13)17-12/h3,6-7H,1-2,4-5,8-11H2. The summed E-state index contributed by atoms with van der Waals surface area (Å²) in [5.74, 6) is 1.52. The van der Waals surface area contributed by atoms with Crippen molar-refractivity contribution in [1.82, 2.24) is 24.5 Å². The molecular formula is C14H19N5O. The number of ether oxygens (including phenoxy) is 1. The lowest BCUT2D eigenvalue weighted by Gasteiger charge is -2.40. The van der Waals surface area contributed by atoms with Gasteiger partial charge < -0.3 is 4.74 Å². The molecule has 2 aliphatic rings. The molecule has 1 aliphatic heterocycles. The first-order valence-corrected chi connectivity index (χ1v) is 7.36. The predicted octanol–water partition coefficient (Wildman–Crippen LogP) is 1.27. The quantitative estimate of drug-likeness (QED) is 0.824. The Labute approximate surface area is 117 Å². The average molecular weight is 273 g/mol. The number of fused-ring (bicyclic) bond motifs is 1. The van der Waals surface area contributed by atoms with Crippen LogP contribution in [0.25, 0.3) is 5.78 Å². The first-order chi connectivity index (χ1) is 9.83. The number of hydrogen-bond acceptors (Lipinski definition) is 5. The van der Waals surface area contributed by atoms with E-state index in [4.69, 9.17) is 4.74 Å². The largest absolute Gasteiger partial charge is 0.372 e. The number of rotatable bonds is 2. The van der Waals surface area contributed by atoms with Crippen LogP contribution >= 0.6 is 0 Å². The zero-order valence-electron chi connectivity index (χ0n) is 11.5. The SMILES string of the molecule is c1cnc2nc(CN3CCOC4(CCCC4)C3)nn2c1. The molecule has 1 saturated heterocycles. The molecule has 0 N–H and O–H groups in total. The van der Waals surface area contributed by atoms with Crippen molar-refractivity contribution in [3.05, 3.63) is 24.3 Å². The Bertz CT molecular complexity index is 571. The molecule has 2 aromatic heterocycles. The summed E-state index contributed by atoms with van der Waals surface area (Å²) >= 11 is 0. The van der Waals surface area contributed by atoms with Crippen LogP contribution in [-0.4, -0.2) is 49.8 Å². The monoisotopic (exact) mass is 273 g/mol. The van der Waals surface area contributed by atoms with E-state index in [0.717, 1.165) is 32.1 Å². The second-order valence-corrected chi connectivity index (χ2v) is 5.84. The Balaban J connectivity index is 1.50. The van der Waals surface area contributed by atoms with E-state index < -0.39 is 0 Å². The smallest absolute Gasteiger partial charge is 0.252 e. The molecule has 1 spiro atoms. The van der Waals surface area contributed by atoms with Crippen molar-refractivity contribution in [2.45, 2.75) is 37.8 Å². The van der Waals surface area contributed by atoms with Gasteiger partial charge in [0.2, 0.25) is 0 Å². The summed E-state index contributed by atoms with van der Waals surface area (Å²) in [6.45, 7) is 3.58. The number of morpholine rings is 1. The van der Waals surface area contributed by atoms with Crippen molar-refractivity contribution in [3.63, 3.8) is 0 Å². The Morgan fingerprint density at radius 3 is 3.05 bits per heavy atom. The Morgan fingerprint density at radius 1 is 1.30 bits per heavy atom. The molecule has 2 aromatic rings. The van der Waals surface area contributed by atoms with Crippen LogP contribution in [0.4, 0.5) is 0 Å². The van der Waals surface area contributed by atoms with Crippen LogP contribution in [0.1, 0.15) is 31.5 Å². The number of nitrogens with zero attached hydrogens (tertiary/aromatic N) is 5. The molecule has 1 saturated carbocycles. The molecule has 0 unspecified atom stereocenters. The maximum atomic E-state index is 6.05. The molecule has 4 rings (SSSR count). The molecule has 20 heavy (non-hydrogen) atoms. The summed E-state index contributed by atoms with van der Waals surface area (Å²) in [7, 11) is 0. The van der Waals surface area contributed by atoms with Gasteiger partial charge in [0.1, 0.15) is 0 Å². The molecule has 0 aromatic carbocycles. The van der Waals surface area contributed by atoms with Crippen LogP contribution in [0.2, 0.25) is 0 Å². The van der Waals surface area contributed by atoms with Gasteiger partial charge in [-0.3, -0.25) is 4.90 Å². The van der Waals surface area contributed by atoms with Gasteiger partial charge in [-0.15, -0.1) is 5.10 Å². The highest BCUT2D eigenvalue weighted by Crippen LogP contribution is 2.36. The molecule has 6 heteroatoms. The zero-order chi connectivity index (χ0) is 13.4. The van der Waals surface area contributed by atoms with E-state index >= 15 is 0 Å². The summed E-state index contributed by atoms with van der Waals surface area (Å²) in [5.41, 5.74) is 0.107. The van der Waals surface area contributed by atoms with E-state index in [-0.39, 0.29) is 5.60 Å². The van der Waals surface area contributed by atoms with Gasteiger partial charge in [-0.05, 0) is 18.9 Å². The van der Waals surface area contributed by atoms with Gasteiger partial charge in [0.05, 0.1) is 18.8 Å². The van der Waals surface area contributed by atoms with Gasteiger partial charge in [0.15, 0.2) is 5.82 Å². The fourth-order valence-corrected chi connectivity index (χ4v) is 3.42. The van der Waals surface area contributed by atoms with Crippen molar-refractivity contribution in [2.24, 2.45) is 0 Å². The van der Waals surface area contributed by atoms with Gasteiger partial charge in [0, 0.05) is 25.5 Å². The van der Waals surface area contributed by atoms with Crippen LogP contribution in [0.15, 0.2) is 18.5 Å². The third-order valence-electron chi connectivity index (χ3n) is 4.37. The van der Waals surface area contributed by atoms with E-state index in [1.165, 1.54) is 25.7 Å². The van der Waals surface area contributed by atoms with Crippen molar-refractivity contribution in [3.8, 4) is 0 Å². The van der Waals surface area contributed by atoms with E-state index in [0.29, 0.717) is 5.78 Å². The maximum absolute atomic E-state index is 6.05. The van der Waals surface area contributed by atoms with Crippen LogP contribution in [0, 0.1) is 0 Å². The summed E-state index contributed by atoms with van der Waals surface area (Å²) < 4.78 is 7.79. The second kappa shape index (κ2) is 4.79. The zero-order valence-corrected chi connectivity index (χ0v) is 11.5. The minimum absolute atomic E-state index is 0.107. The fourth-order valence-electron chi connectivity index (χ4n) is 3.42. The van der Waals surface area contributed by atoms with Crippen LogP contribution < -0.4 is 0 Å². The molecule has 2 fully saturated rings. The second-order valence-electron chi connectivity index (χ2n) is 5.84. The van der Waals surface area contributed by atoms with E-state index in [1.54, 1.807) is 10.7 Å². The van der Waals surface area contributed by atoms with E-state index in [1.807, 2.05) is 12.3 Å². The van der Waals surface area contributed by atoms with Gasteiger partial charge in [-0.25, -0.2) is 9.50 Å². The lowest BCUT2D eigenvalue weighted by Crippen LogP contribution is -2.49. The maximum Gasteiger partial charge on any atom is 0.252 e. The molecule has 0 atom stereocenters. The molecule has 0 amide bonds. The summed E-state index contributed by atoms with van der Waals surface area (Å²) in [5, 5.41) is 4.48. The number of aromatic nitrogens is 4. The van der Waals surface area contributed by atoms with E-state index in [2.05, 4.69) is 20.0 Å². The van der Waals surface area contributed by atoms with Gasteiger partial charge in [-0.1, -0.05) is 12.8 Å². The highest BCUT2D eigenvalue weighted by atomic mass is 16.5. The molecule has 0 bridgehead atoms. The molecule has 3 heterocycles. The van der Waals surface area contributed by atoms with Crippen molar-refractivity contribution in [1.29, 1.82) is 0 Å². The van der Waals surface area contributed by atoms with Crippen LogP contribution in [0.5, 0.6) is 0 Å². The summed E-state index contributed by atoms with van der Waals surface area (Å²) in [6, 6.07) is 1.87. The summed E-state index contributed by atoms with van der Waals surface area (Å²) in [4.78, 5) is 11.1. The first kappa shape index (κ1) is 12.2. The van der Waals surface area contributed by atoms with Gasteiger partial charge >= 0.3 is 0 Å².